The van der Waals surface area contributed by atoms with Crippen LogP contribution in [0.2, 0.25) is 0 Å². The van der Waals surface area contributed by atoms with Gasteiger partial charge in [0.05, 0.1) is 5.92 Å². The maximum Gasteiger partial charge on any atom is 0.309 e. The van der Waals surface area contributed by atoms with Crippen LogP contribution in [-0.4, -0.2) is 12.1 Å². The van der Waals surface area contributed by atoms with Gasteiger partial charge >= 0.3 is 5.97 Å². The maximum atomic E-state index is 12.5. The van der Waals surface area contributed by atoms with E-state index in [1.54, 1.807) is 0 Å². The monoisotopic (exact) mass is 278 g/mol. The quantitative estimate of drug-likeness (QED) is 0.540. The van der Waals surface area contributed by atoms with Crippen molar-refractivity contribution in [1.29, 1.82) is 0 Å². The minimum atomic E-state index is 0.112. The molecule has 0 aliphatic heterocycles. The molecule has 2 nitrogen and oxygen atoms in total. The lowest BCUT2D eigenvalue weighted by atomic mass is 9.70. The van der Waals surface area contributed by atoms with Crippen molar-refractivity contribution in [3.05, 3.63) is 0 Å². The summed E-state index contributed by atoms with van der Waals surface area (Å²) in [7, 11) is 0. The van der Waals surface area contributed by atoms with Gasteiger partial charge in [0.25, 0.3) is 0 Å². The molecule has 3 unspecified atom stereocenters. The van der Waals surface area contributed by atoms with E-state index in [1.165, 1.54) is 38.5 Å². The van der Waals surface area contributed by atoms with Gasteiger partial charge in [-0.3, -0.25) is 4.79 Å². The standard InChI is InChI=1S/C18H30O2/c1-17(2)14-10-11-18(17,3)15(12-14)20-16(19)13-8-6-4-5-7-9-13/h13-15H,4-12H2,1-3H3. The number of ether oxygens (including phenoxy) is 1. The summed E-state index contributed by atoms with van der Waals surface area (Å²) in [6, 6.07) is 0. The average molecular weight is 278 g/mol. The number of hydrogen-bond donors (Lipinski definition) is 0. The van der Waals surface area contributed by atoms with E-state index in [4.69, 9.17) is 4.74 Å². The zero-order chi connectivity index (χ0) is 14.4. The Morgan fingerprint density at radius 3 is 2.15 bits per heavy atom. The van der Waals surface area contributed by atoms with Gasteiger partial charge in [0.15, 0.2) is 0 Å². The Morgan fingerprint density at radius 1 is 1.00 bits per heavy atom. The minimum Gasteiger partial charge on any atom is -0.462 e. The molecule has 0 aromatic carbocycles. The van der Waals surface area contributed by atoms with Crippen LogP contribution in [0.5, 0.6) is 0 Å². The van der Waals surface area contributed by atoms with Crippen LogP contribution < -0.4 is 0 Å². The molecular weight excluding hydrogens is 248 g/mol. The first-order valence-electron chi connectivity index (χ1n) is 8.65. The van der Waals surface area contributed by atoms with Crippen LogP contribution in [0, 0.1) is 22.7 Å². The van der Waals surface area contributed by atoms with Crippen LogP contribution in [0.3, 0.4) is 0 Å². The predicted molar refractivity (Wildman–Crippen MR) is 80.3 cm³/mol. The summed E-state index contributed by atoms with van der Waals surface area (Å²) in [5.74, 6) is 1.05. The molecule has 0 aromatic rings. The number of carbonyl (C=O) groups is 1. The van der Waals surface area contributed by atoms with Gasteiger partial charge < -0.3 is 4.74 Å². The van der Waals surface area contributed by atoms with Gasteiger partial charge in [0, 0.05) is 5.41 Å². The van der Waals surface area contributed by atoms with E-state index in [0.29, 0.717) is 5.41 Å². The highest BCUT2D eigenvalue weighted by molar-refractivity contribution is 5.72. The third kappa shape index (κ3) is 2.10. The first kappa shape index (κ1) is 14.4. The Hall–Kier alpha value is -0.530. The second-order valence-corrected chi connectivity index (χ2v) is 8.22. The first-order chi connectivity index (χ1) is 9.45. The summed E-state index contributed by atoms with van der Waals surface area (Å²) in [6.45, 7) is 7.11. The molecule has 0 amide bonds. The van der Waals surface area contributed by atoms with Gasteiger partial charge in [0.1, 0.15) is 6.10 Å². The predicted octanol–water partition coefficient (Wildman–Crippen LogP) is 4.71. The van der Waals surface area contributed by atoms with Crippen molar-refractivity contribution in [2.45, 2.75) is 84.7 Å². The normalized spacial score (nSPS) is 40.5. The Bertz CT molecular complexity index is 379. The molecule has 0 aromatic heterocycles. The number of carbonyl (C=O) groups excluding carboxylic acids is 1. The van der Waals surface area contributed by atoms with E-state index in [0.717, 1.165) is 25.2 Å². The summed E-state index contributed by atoms with van der Waals surface area (Å²) >= 11 is 0. The SMILES string of the molecule is CC1(C)C2CCC1(C)C(OC(=O)C1CCCCCC1)C2. The fourth-order valence-corrected chi connectivity index (χ4v) is 5.06. The third-order valence-electron chi connectivity index (χ3n) is 7.16. The second kappa shape index (κ2) is 5.03. The van der Waals surface area contributed by atoms with Crippen molar-refractivity contribution in [3.63, 3.8) is 0 Å². The zero-order valence-electron chi connectivity index (χ0n) is 13.4. The summed E-state index contributed by atoms with van der Waals surface area (Å²) in [5, 5.41) is 0. The molecule has 0 heterocycles. The molecule has 0 N–H and O–H groups in total. The summed E-state index contributed by atoms with van der Waals surface area (Å²) in [4.78, 5) is 12.5. The van der Waals surface area contributed by atoms with Crippen molar-refractivity contribution in [1.82, 2.24) is 0 Å². The largest absolute Gasteiger partial charge is 0.462 e. The molecule has 3 saturated carbocycles. The molecule has 3 aliphatic rings. The van der Waals surface area contributed by atoms with Crippen LogP contribution in [0.15, 0.2) is 0 Å². The molecule has 3 aliphatic carbocycles. The van der Waals surface area contributed by atoms with E-state index >= 15 is 0 Å². The molecule has 0 spiro atoms. The van der Waals surface area contributed by atoms with E-state index in [1.807, 2.05) is 0 Å². The number of rotatable bonds is 2. The van der Waals surface area contributed by atoms with Crippen LogP contribution in [0.1, 0.15) is 78.6 Å². The van der Waals surface area contributed by atoms with Gasteiger partial charge in [-0.1, -0.05) is 46.5 Å². The van der Waals surface area contributed by atoms with Crippen molar-refractivity contribution in [2.24, 2.45) is 22.7 Å². The Balaban J connectivity index is 1.65. The summed E-state index contributed by atoms with van der Waals surface area (Å²) in [6.07, 6.45) is 10.9. The fraction of sp³-hybridized carbons (Fsp3) is 0.944. The van der Waals surface area contributed by atoms with Crippen LogP contribution in [0.4, 0.5) is 0 Å². The molecule has 2 bridgehead atoms. The second-order valence-electron chi connectivity index (χ2n) is 8.22. The van der Waals surface area contributed by atoms with Crippen molar-refractivity contribution >= 4 is 5.97 Å². The van der Waals surface area contributed by atoms with Crippen LogP contribution >= 0.6 is 0 Å². The number of hydrogen-bond acceptors (Lipinski definition) is 2. The lowest BCUT2D eigenvalue weighted by molar-refractivity contribution is -0.162. The zero-order valence-corrected chi connectivity index (χ0v) is 13.4. The fourth-order valence-electron chi connectivity index (χ4n) is 5.06. The molecule has 3 atom stereocenters. The highest BCUT2D eigenvalue weighted by atomic mass is 16.5. The molecule has 20 heavy (non-hydrogen) atoms. The highest BCUT2D eigenvalue weighted by Crippen LogP contribution is 2.66. The van der Waals surface area contributed by atoms with Crippen molar-refractivity contribution in [3.8, 4) is 0 Å². The molecule has 2 heteroatoms. The maximum absolute atomic E-state index is 12.5. The molecule has 0 saturated heterocycles. The lowest BCUT2D eigenvalue weighted by Crippen LogP contribution is -2.39. The van der Waals surface area contributed by atoms with E-state index in [2.05, 4.69) is 20.8 Å². The van der Waals surface area contributed by atoms with Gasteiger partial charge in [0.2, 0.25) is 0 Å². The lowest BCUT2D eigenvalue weighted by Gasteiger charge is -2.38. The first-order valence-corrected chi connectivity index (χ1v) is 8.65. The third-order valence-corrected chi connectivity index (χ3v) is 7.16. The van der Waals surface area contributed by atoms with Gasteiger partial charge in [-0.2, -0.15) is 0 Å². The topological polar surface area (TPSA) is 26.3 Å². The van der Waals surface area contributed by atoms with E-state index in [9.17, 15) is 4.79 Å². The molecular formula is C18H30O2. The van der Waals surface area contributed by atoms with Crippen molar-refractivity contribution in [2.75, 3.05) is 0 Å². The molecule has 114 valence electrons. The highest BCUT2D eigenvalue weighted by Gasteiger charge is 2.62. The van der Waals surface area contributed by atoms with E-state index < -0.39 is 0 Å². The molecule has 3 rings (SSSR count). The van der Waals surface area contributed by atoms with Crippen LogP contribution in [0.25, 0.3) is 0 Å². The van der Waals surface area contributed by atoms with Gasteiger partial charge in [-0.05, 0) is 43.4 Å². The van der Waals surface area contributed by atoms with E-state index in [-0.39, 0.29) is 23.4 Å². The summed E-state index contributed by atoms with van der Waals surface area (Å²) in [5.41, 5.74) is 0.541. The smallest absolute Gasteiger partial charge is 0.309 e. The Labute approximate surface area is 123 Å². The minimum absolute atomic E-state index is 0.112. The molecule has 0 radical (unpaired) electrons. The van der Waals surface area contributed by atoms with Crippen LogP contribution in [-0.2, 0) is 9.53 Å². The van der Waals surface area contributed by atoms with Gasteiger partial charge in [-0.15, -0.1) is 0 Å². The number of esters is 1. The Kier molecular flexibility index (Phi) is 3.63. The summed E-state index contributed by atoms with van der Waals surface area (Å²) < 4.78 is 6.04. The van der Waals surface area contributed by atoms with Crippen molar-refractivity contribution < 1.29 is 9.53 Å². The van der Waals surface area contributed by atoms with Gasteiger partial charge in [-0.25, -0.2) is 0 Å². The number of fused-ring (bicyclic) bond motifs is 2. The average Bonchev–Trinajstić information content (AvgIpc) is 2.68. The molecule has 3 fully saturated rings. The Morgan fingerprint density at radius 2 is 1.65 bits per heavy atom.